The van der Waals surface area contributed by atoms with Gasteiger partial charge in [-0.25, -0.2) is 0 Å². The van der Waals surface area contributed by atoms with E-state index in [2.05, 4.69) is 46.8 Å². The number of nitrogens with zero attached hydrogens (tertiary/aromatic N) is 1. The molecule has 0 radical (unpaired) electrons. The topological polar surface area (TPSA) is 54.9 Å². The zero-order chi connectivity index (χ0) is 18.6. The molecule has 0 unspecified atom stereocenters. The molecule has 0 aliphatic carbocycles. The van der Waals surface area contributed by atoms with Crippen LogP contribution in [0.4, 0.5) is 0 Å². The number of rotatable bonds is 9. The SMILES string of the molecule is CCNC(=NCCc1ccc(OC)cc1)NCCc1cccc(OC)c1. The van der Waals surface area contributed by atoms with Crippen LogP contribution in [0.1, 0.15) is 18.1 Å². The Morgan fingerprint density at radius 1 is 0.885 bits per heavy atom. The van der Waals surface area contributed by atoms with Crippen LogP contribution in [0.2, 0.25) is 0 Å². The van der Waals surface area contributed by atoms with Crippen LogP contribution in [0.25, 0.3) is 0 Å². The van der Waals surface area contributed by atoms with Gasteiger partial charge in [0.1, 0.15) is 11.5 Å². The van der Waals surface area contributed by atoms with Gasteiger partial charge in [0.05, 0.1) is 14.2 Å². The third-order valence-electron chi connectivity index (χ3n) is 4.01. The Bertz CT molecular complexity index is 684. The number of benzene rings is 2. The van der Waals surface area contributed by atoms with Crippen molar-refractivity contribution in [2.75, 3.05) is 33.9 Å². The fourth-order valence-corrected chi connectivity index (χ4v) is 2.58. The first-order valence-electron chi connectivity index (χ1n) is 9.03. The van der Waals surface area contributed by atoms with E-state index in [-0.39, 0.29) is 0 Å². The van der Waals surface area contributed by atoms with E-state index in [4.69, 9.17) is 9.47 Å². The number of ether oxygens (including phenoxy) is 2. The van der Waals surface area contributed by atoms with Gasteiger partial charge in [0, 0.05) is 19.6 Å². The van der Waals surface area contributed by atoms with Crippen molar-refractivity contribution < 1.29 is 9.47 Å². The van der Waals surface area contributed by atoms with Crippen molar-refractivity contribution >= 4 is 5.96 Å². The molecule has 2 aromatic carbocycles. The summed E-state index contributed by atoms with van der Waals surface area (Å²) in [4.78, 5) is 4.65. The Kier molecular flexibility index (Phi) is 8.33. The highest BCUT2D eigenvalue weighted by molar-refractivity contribution is 5.79. The van der Waals surface area contributed by atoms with Gasteiger partial charge in [-0.05, 0) is 55.2 Å². The molecule has 0 heterocycles. The van der Waals surface area contributed by atoms with Crippen molar-refractivity contribution in [2.24, 2.45) is 4.99 Å². The quantitative estimate of drug-likeness (QED) is 0.536. The highest BCUT2D eigenvalue weighted by atomic mass is 16.5. The van der Waals surface area contributed by atoms with Crippen LogP contribution in [0.5, 0.6) is 11.5 Å². The lowest BCUT2D eigenvalue weighted by atomic mass is 10.1. The van der Waals surface area contributed by atoms with Gasteiger partial charge in [0.25, 0.3) is 0 Å². The van der Waals surface area contributed by atoms with E-state index in [1.165, 1.54) is 11.1 Å². The molecule has 0 aromatic heterocycles. The van der Waals surface area contributed by atoms with Crippen LogP contribution in [-0.4, -0.2) is 39.8 Å². The summed E-state index contributed by atoms with van der Waals surface area (Å²) in [7, 11) is 3.37. The van der Waals surface area contributed by atoms with Gasteiger partial charge < -0.3 is 20.1 Å². The Labute approximate surface area is 156 Å². The van der Waals surface area contributed by atoms with Crippen molar-refractivity contribution in [1.29, 1.82) is 0 Å². The van der Waals surface area contributed by atoms with Gasteiger partial charge in [-0.1, -0.05) is 24.3 Å². The molecule has 0 amide bonds. The maximum Gasteiger partial charge on any atom is 0.191 e. The maximum atomic E-state index is 5.27. The number of guanidine groups is 1. The van der Waals surface area contributed by atoms with Gasteiger partial charge in [0.2, 0.25) is 0 Å². The van der Waals surface area contributed by atoms with Gasteiger partial charge >= 0.3 is 0 Å². The molecule has 0 saturated heterocycles. The van der Waals surface area contributed by atoms with E-state index < -0.39 is 0 Å². The average molecular weight is 355 g/mol. The van der Waals surface area contributed by atoms with Crippen LogP contribution in [0.15, 0.2) is 53.5 Å². The first-order chi connectivity index (χ1) is 12.7. The molecule has 0 aliphatic heterocycles. The molecular formula is C21H29N3O2. The van der Waals surface area contributed by atoms with E-state index in [0.29, 0.717) is 0 Å². The van der Waals surface area contributed by atoms with Crippen molar-refractivity contribution in [2.45, 2.75) is 19.8 Å². The number of aliphatic imine (C=N–C) groups is 1. The second kappa shape index (κ2) is 11.0. The normalized spacial score (nSPS) is 11.1. The van der Waals surface area contributed by atoms with Crippen molar-refractivity contribution in [1.82, 2.24) is 10.6 Å². The minimum absolute atomic E-state index is 0.737. The Morgan fingerprint density at radius 2 is 1.65 bits per heavy atom. The fourth-order valence-electron chi connectivity index (χ4n) is 2.58. The van der Waals surface area contributed by atoms with E-state index in [9.17, 15) is 0 Å². The van der Waals surface area contributed by atoms with Crippen LogP contribution in [0.3, 0.4) is 0 Å². The number of hydrogen-bond acceptors (Lipinski definition) is 3. The third-order valence-corrected chi connectivity index (χ3v) is 4.01. The van der Waals surface area contributed by atoms with Crippen molar-refractivity contribution in [3.63, 3.8) is 0 Å². The first kappa shape index (κ1) is 19.6. The standard InChI is InChI=1S/C21H29N3O2/c1-4-22-21(23-14-12-17-8-10-19(25-2)11-9-17)24-15-13-18-6-5-7-20(16-18)26-3/h5-11,16H,4,12-15H2,1-3H3,(H2,22,23,24). The predicted octanol–water partition coefficient (Wildman–Crippen LogP) is 3.04. The van der Waals surface area contributed by atoms with Crippen molar-refractivity contribution in [3.05, 3.63) is 59.7 Å². The minimum atomic E-state index is 0.737. The largest absolute Gasteiger partial charge is 0.497 e. The minimum Gasteiger partial charge on any atom is -0.497 e. The van der Waals surface area contributed by atoms with Crippen molar-refractivity contribution in [3.8, 4) is 11.5 Å². The highest BCUT2D eigenvalue weighted by Gasteiger charge is 2.00. The second-order valence-electron chi connectivity index (χ2n) is 5.89. The summed E-state index contributed by atoms with van der Waals surface area (Å²) >= 11 is 0. The zero-order valence-corrected chi connectivity index (χ0v) is 15.9. The summed E-state index contributed by atoms with van der Waals surface area (Å²) < 4.78 is 10.4. The Hall–Kier alpha value is -2.69. The van der Waals surface area contributed by atoms with Crippen LogP contribution in [0, 0.1) is 0 Å². The molecule has 140 valence electrons. The van der Waals surface area contributed by atoms with E-state index in [1.54, 1.807) is 14.2 Å². The number of methoxy groups -OCH3 is 2. The Balaban J connectivity index is 1.81. The molecule has 2 N–H and O–H groups in total. The lowest BCUT2D eigenvalue weighted by Crippen LogP contribution is -2.38. The molecule has 0 saturated carbocycles. The smallest absolute Gasteiger partial charge is 0.191 e. The number of hydrogen-bond donors (Lipinski definition) is 2. The molecule has 0 aliphatic rings. The summed E-state index contributed by atoms with van der Waals surface area (Å²) in [6.45, 7) is 4.47. The lowest BCUT2D eigenvalue weighted by Gasteiger charge is -2.12. The predicted molar refractivity (Wildman–Crippen MR) is 107 cm³/mol. The summed E-state index contributed by atoms with van der Waals surface area (Å²) in [6.07, 6.45) is 1.82. The molecule has 0 spiro atoms. The van der Waals surface area contributed by atoms with E-state index in [1.807, 2.05) is 24.3 Å². The summed E-state index contributed by atoms with van der Waals surface area (Å²) in [5.74, 6) is 2.62. The molecule has 0 atom stereocenters. The van der Waals surface area contributed by atoms with Crippen LogP contribution >= 0.6 is 0 Å². The molecule has 5 nitrogen and oxygen atoms in total. The lowest BCUT2D eigenvalue weighted by molar-refractivity contribution is 0.414. The van der Waals surface area contributed by atoms with Gasteiger partial charge in [-0.15, -0.1) is 0 Å². The molecule has 0 fully saturated rings. The summed E-state index contributed by atoms with van der Waals surface area (Å²) in [6, 6.07) is 16.3. The van der Waals surface area contributed by atoms with Gasteiger partial charge in [0.15, 0.2) is 5.96 Å². The second-order valence-corrected chi connectivity index (χ2v) is 5.89. The first-order valence-corrected chi connectivity index (χ1v) is 9.03. The maximum absolute atomic E-state index is 5.27. The highest BCUT2D eigenvalue weighted by Crippen LogP contribution is 2.13. The van der Waals surface area contributed by atoms with E-state index >= 15 is 0 Å². The molecule has 2 rings (SSSR count). The molecule has 5 heteroatoms. The van der Waals surface area contributed by atoms with Crippen LogP contribution < -0.4 is 20.1 Å². The average Bonchev–Trinajstić information content (AvgIpc) is 2.68. The third kappa shape index (κ3) is 6.67. The van der Waals surface area contributed by atoms with Gasteiger partial charge in [-0.2, -0.15) is 0 Å². The molecule has 26 heavy (non-hydrogen) atoms. The summed E-state index contributed by atoms with van der Waals surface area (Å²) in [5, 5.41) is 6.68. The summed E-state index contributed by atoms with van der Waals surface area (Å²) in [5.41, 5.74) is 2.49. The van der Waals surface area contributed by atoms with E-state index in [0.717, 1.165) is 49.9 Å². The zero-order valence-electron chi connectivity index (χ0n) is 15.9. The molecular weight excluding hydrogens is 326 g/mol. The fraction of sp³-hybridized carbons (Fsp3) is 0.381. The van der Waals surface area contributed by atoms with Crippen LogP contribution in [-0.2, 0) is 12.8 Å². The van der Waals surface area contributed by atoms with Gasteiger partial charge in [-0.3, -0.25) is 4.99 Å². The Morgan fingerprint density at radius 3 is 2.35 bits per heavy atom. The monoisotopic (exact) mass is 355 g/mol. The molecule has 0 bridgehead atoms. The molecule has 2 aromatic rings. The number of nitrogens with one attached hydrogen (secondary N) is 2.